The lowest BCUT2D eigenvalue weighted by molar-refractivity contribution is -0.135. The zero-order valence-electron chi connectivity index (χ0n) is 16.5. The summed E-state index contributed by atoms with van der Waals surface area (Å²) in [5.74, 6) is 0.0389. The molecule has 0 atom stereocenters. The number of carbonyl (C=O) groups is 2. The molecule has 1 fully saturated rings. The van der Waals surface area contributed by atoms with Crippen LogP contribution in [0.4, 0.5) is 0 Å². The van der Waals surface area contributed by atoms with Gasteiger partial charge in [-0.15, -0.1) is 5.10 Å². The number of carbonyl (C=O) groups excluding carboxylic acids is 2. The number of likely N-dealkylation sites (tertiary alicyclic amines) is 1. The number of hydrogen-bond donors (Lipinski definition) is 0. The molecule has 150 valence electrons. The highest BCUT2D eigenvalue weighted by Gasteiger charge is 2.21. The lowest BCUT2D eigenvalue weighted by Crippen LogP contribution is -2.40. The van der Waals surface area contributed by atoms with Crippen LogP contribution in [0.5, 0.6) is 0 Å². The van der Waals surface area contributed by atoms with Crippen LogP contribution in [0.25, 0.3) is 11.0 Å². The Hall–Kier alpha value is -3.22. The molecule has 1 saturated heterocycles. The van der Waals surface area contributed by atoms with Gasteiger partial charge in [0.15, 0.2) is 6.61 Å². The smallest absolute Gasteiger partial charge is 0.338 e. The molecule has 0 N–H and O–H groups in total. The van der Waals surface area contributed by atoms with Gasteiger partial charge in [0.05, 0.1) is 17.6 Å². The third kappa shape index (κ3) is 4.45. The van der Waals surface area contributed by atoms with Gasteiger partial charge in [-0.3, -0.25) is 4.79 Å². The first-order valence-electron chi connectivity index (χ1n) is 9.92. The molecular weight excluding hydrogens is 368 g/mol. The molecule has 0 saturated carbocycles. The molecule has 0 bridgehead atoms. The van der Waals surface area contributed by atoms with Gasteiger partial charge < -0.3 is 9.64 Å². The van der Waals surface area contributed by atoms with Crippen molar-refractivity contribution in [2.75, 3.05) is 19.7 Å². The number of benzene rings is 2. The van der Waals surface area contributed by atoms with E-state index in [0.717, 1.165) is 42.5 Å². The molecule has 29 heavy (non-hydrogen) atoms. The van der Waals surface area contributed by atoms with Crippen molar-refractivity contribution >= 4 is 22.9 Å². The summed E-state index contributed by atoms with van der Waals surface area (Å²) in [6.45, 7) is 4.02. The molecule has 0 radical (unpaired) electrons. The maximum atomic E-state index is 12.3. The van der Waals surface area contributed by atoms with E-state index in [1.807, 2.05) is 41.1 Å². The van der Waals surface area contributed by atoms with E-state index in [4.69, 9.17) is 4.74 Å². The summed E-state index contributed by atoms with van der Waals surface area (Å²) in [4.78, 5) is 26.3. The number of aromatic nitrogens is 3. The van der Waals surface area contributed by atoms with E-state index in [9.17, 15) is 9.59 Å². The fourth-order valence-corrected chi connectivity index (χ4v) is 3.51. The minimum absolute atomic E-state index is 0.125. The van der Waals surface area contributed by atoms with Crippen LogP contribution in [0, 0.1) is 5.92 Å². The maximum Gasteiger partial charge on any atom is 0.338 e. The van der Waals surface area contributed by atoms with Gasteiger partial charge in [0, 0.05) is 13.1 Å². The predicted octanol–water partition coefficient (Wildman–Crippen LogP) is 2.89. The van der Waals surface area contributed by atoms with E-state index < -0.39 is 5.97 Å². The molecule has 2 aromatic carbocycles. The van der Waals surface area contributed by atoms with E-state index in [1.54, 1.807) is 17.0 Å². The normalized spacial score (nSPS) is 14.9. The van der Waals surface area contributed by atoms with E-state index in [1.165, 1.54) is 0 Å². The van der Waals surface area contributed by atoms with Crippen LogP contribution in [0.3, 0.4) is 0 Å². The Morgan fingerprint density at radius 1 is 1.07 bits per heavy atom. The first-order valence-corrected chi connectivity index (χ1v) is 9.92. The second-order valence-electron chi connectivity index (χ2n) is 7.57. The quantitative estimate of drug-likeness (QED) is 0.624. The second kappa shape index (κ2) is 8.43. The van der Waals surface area contributed by atoms with Gasteiger partial charge in [0.2, 0.25) is 0 Å². The Labute approximate surface area is 169 Å². The highest BCUT2D eigenvalue weighted by Crippen LogP contribution is 2.16. The van der Waals surface area contributed by atoms with Gasteiger partial charge in [0.25, 0.3) is 5.91 Å². The van der Waals surface area contributed by atoms with Crippen molar-refractivity contribution in [1.82, 2.24) is 19.9 Å². The van der Waals surface area contributed by atoms with Gasteiger partial charge in [-0.05, 0) is 48.6 Å². The Morgan fingerprint density at radius 2 is 1.79 bits per heavy atom. The summed E-state index contributed by atoms with van der Waals surface area (Å²) in [7, 11) is 0. The number of fused-ring (bicyclic) bond motifs is 1. The SMILES string of the molecule is CC1CCN(C(=O)COC(=O)c2ccc(Cn3nnc4ccccc43)cc2)CC1. The van der Waals surface area contributed by atoms with Crippen LogP contribution in [0.1, 0.15) is 35.7 Å². The van der Waals surface area contributed by atoms with Gasteiger partial charge >= 0.3 is 5.97 Å². The van der Waals surface area contributed by atoms with Gasteiger partial charge in [-0.2, -0.15) is 0 Å². The van der Waals surface area contributed by atoms with Crippen molar-refractivity contribution in [3.05, 3.63) is 59.7 Å². The highest BCUT2D eigenvalue weighted by atomic mass is 16.5. The molecule has 1 aliphatic rings. The first-order chi connectivity index (χ1) is 14.1. The Kier molecular flexibility index (Phi) is 5.55. The first kappa shape index (κ1) is 19.1. The summed E-state index contributed by atoms with van der Waals surface area (Å²) in [5, 5.41) is 8.33. The Balaban J connectivity index is 1.32. The highest BCUT2D eigenvalue weighted by molar-refractivity contribution is 5.91. The predicted molar refractivity (Wildman–Crippen MR) is 108 cm³/mol. The minimum atomic E-state index is -0.485. The Morgan fingerprint density at radius 3 is 2.55 bits per heavy atom. The van der Waals surface area contributed by atoms with Crippen molar-refractivity contribution in [2.24, 2.45) is 5.92 Å². The second-order valence-corrected chi connectivity index (χ2v) is 7.57. The molecule has 7 heteroatoms. The van der Waals surface area contributed by atoms with Crippen LogP contribution in [0.2, 0.25) is 0 Å². The summed E-state index contributed by atoms with van der Waals surface area (Å²) in [5.41, 5.74) is 3.23. The largest absolute Gasteiger partial charge is 0.452 e. The lowest BCUT2D eigenvalue weighted by Gasteiger charge is -2.30. The number of nitrogens with zero attached hydrogens (tertiary/aromatic N) is 4. The number of rotatable bonds is 5. The van der Waals surface area contributed by atoms with Crippen molar-refractivity contribution in [3.63, 3.8) is 0 Å². The number of amides is 1. The van der Waals surface area contributed by atoms with Crippen LogP contribution in [-0.2, 0) is 16.1 Å². The summed E-state index contributed by atoms with van der Waals surface area (Å²) in [6, 6.07) is 14.9. The van der Waals surface area contributed by atoms with Gasteiger partial charge in [-0.25, -0.2) is 9.48 Å². The molecule has 1 aliphatic heterocycles. The molecule has 4 rings (SSSR count). The van der Waals surface area contributed by atoms with Crippen LogP contribution < -0.4 is 0 Å². The molecule has 0 aliphatic carbocycles. The maximum absolute atomic E-state index is 12.3. The third-order valence-corrected chi connectivity index (χ3v) is 5.41. The number of piperidine rings is 1. The molecular formula is C22H24N4O3. The average molecular weight is 392 g/mol. The Bertz CT molecular complexity index is 1000. The number of ether oxygens (including phenoxy) is 1. The van der Waals surface area contributed by atoms with Crippen molar-refractivity contribution in [1.29, 1.82) is 0 Å². The van der Waals surface area contributed by atoms with Crippen LogP contribution in [0.15, 0.2) is 48.5 Å². The fraction of sp³-hybridized carbons (Fsp3) is 0.364. The zero-order valence-corrected chi connectivity index (χ0v) is 16.5. The minimum Gasteiger partial charge on any atom is -0.452 e. The van der Waals surface area contributed by atoms with E-state index in [2.05, 4.69) is 17.2 Å². The molecule has 1 aromatic heterocycles. The third-order valence-electron chi connectivity index (χ3n) is 5.41. The molecule has 1 amide bonds. The van der Waals surface area contributed by atoms with E-state index in [-0.39, 0.29) is 12.5 Å². The van der Waals surface area contributed by atoms with Crippen LogP contribution in [-0.4, -0.2) is 51.5 Å². The number of para-hydroxylation sites is 1. The lowest BCUT2D eigenvalue weighted by atomic mass is 9.99. The fourth-order valence-electron chi connectivity index (χ4n) is 3.51. The zero-order chi connectivity index (χ0) is 20.2. The van der Waals surface area contributed by atoms with Gasteiger partial charge in [0.1, 0.15) is 5.52 Å². The summed E-state index contributed by atoms with van der Waals surface area (Å²) >= 11 is 0. The summed E-state index contributed by atoms with van der Waals surface area (Å²) < 4.78 is 7.04. The number of esters is 1. The van der Waals surface area contributed by atoms with Crippen molar-refractivity contribution in [3.8, 4) is 0 Å². The van der Waals surface area contributed by atoms with Gasteiger partial charge in [-0.1, -0.05) is 36.4 Å². The summed E-state index contributed by atoms with van der Waals surface area (Å²) in [6.07, 6.45) is 2.00. The number of hydrogen-bond acceptors (Lipinski definition) is 5. The average Bonchev–Trinajstić information content (AvgIpc) is 3.16. The molecule has 2 heterocycles. The molecule has 0 spiro atoms. The molecule has 3 aromatic rings. The monoisotopic (exact) mass is 392 g/mol. The van der Waals surface area contributed by atoms with Crippen molar-refractivity contribution < 1.29 is 14.3 Å². The molecule has 0 unspecified atom stereocenters. The topological polar surface area (TPSA) is 77.3 Å². The molecule has 7 nitrogen and oxygen atoms in total. The van der Waals surface area contributed by atoms with Crippen LogP contribution >= 0.6 is 0 Å². The van der Waals surface area contributed by atoms with Crippen molar-refractivity contribution in [2.45, 2.75) is 26.3 Å². The standard InChI is InChI=1S/C22H24N4O3/c1-16-10-12-25(13-11-16)21(27)15-29-22(28)18-8-6-17(7-9-18)14-26-20-5-3-2-4-19(20)23-24-26/h2-9,16H,10-15H2,1H3. The van der Waals surface area contributed by atoms with E-state index >= 15 is 0 Å². The van der Waals surface area contributed by atoms with E-state index in [0.29, 0.717) is 18.0 Å².